The zero-order valence-corrected chi connectivity index (χ0v) is 10.4. The molecule has 17 heavy (non-hydrogen) atoms. The van der Waals surface area contributed by atoms with Gasteiger partial charge in [0.2, 0.25) is 0 Å². The quantitative estimate of drug-likeness (QED) is 0.782. The van der Waals surface area contributed by atoms with Crippen LogP contribution in [0.15, 0.2) is 24.3 Å². The third-order valence-electron chi connectivity index (χ3n) is 2.49. The molecule has 0 spiro atoms. The van der Waals surface area contributed by atoms with E-state index in [4.69, 9.17) is 10.00 Å². The van der Waals surface area contributed by atoms with Gasteiger partial charge in [-0.15, -0.1) is 0 Å². The zero-order valence-electron chi connectivity index (χ0n) is 10.4. The molecule has 3 heteroatoms. The van der Waals surface area contributed by atoms with Gasteiger partial charge in [0.15, 0.2) is 5.78 Å². The van der Waals surface area contributed by atoms with Crippen molar-refractivity contribution in [3.8, 4) is 11.8 Å². The number of benzene rings is 1. The number of nitriles is 1. The molecular formula is C14H17NO2. The number of carbonyl (C=O) groups is 1. The molecule has 0 saturated heterocycles. The lowest BCUT2D eigenvalue weighted by atomic mass is 9.91. The van der Waals surface area contributed by atoms with Gasteiger partial charge in [-0.3, -0.25) is 4.79 Å². The number of hydrogen-bond acceptors (Lipinski definition) is 3. The van der Waals surface area contributed by atoms with Gasteiger partial charge >= 0.3 is 0 Å². The van der Waals surface area contributed by atoms with E-state index in [1.54, 1.807) is 31.4 Å². The maximum atomic E-state index is 11.9. The predicted octanol–water partition coefficient (Wildman–Crippen LogP) is 2.92. The van der Waals surface area contributed by atoms with Crippen molar-refractivity contribution in [2.24, 2.45) is 5.92 Å². The summed E-state index contributed by atoms with van der Waals surface area (Å²) in [5, 5.41) is 9.11. The molecule has 0 saturated carbocycles. The van der Waals surface area contributed by atoms with Crippen LogP contribution in [0.2, 0.25) is 0 Å². The minimum atomic E-state index is -0.688. The van der Waals surface area contributed by atoms with Gasteiger partial charge in [-0.25, -0.2) is 0 Å². The molecule has 3 nitrogen and oxygen atoms in total. The highest BCUT2D eigenvalue weighted by molar-refractivity contribution is 5.88. The molecule has 0 aliphatic carbocycles. The second-order valence-electron chi connectivity index (χ2n) is 4.40. The minimum absolute atomic E-state index is 0.0317. The number of hydrogen-bond donors (Lipinski definition) is 0. The first-order chi connectivity index (χ1) is 8.08. The Morgan fingerprint density at radius 2 is 2.18 bits per heavy atom. The Kier molecular flexibility index (Phi) is 4.71. The first-order valence-corrected chi connectivity index (χ1v) is 5.64. The summed E-state index contributed by atoms with van der Waals surface area (Å²) in [5.41, 5.74) is 0.706. The number of nitrogens with zero attached hydrogens (tertiary/aromatic N) is 1. The average Bonchev–Trinajstić information content (AvgIpc) is 2.29. The van der Waals surface area contributed by atoms with Gasteiger partial charge in [0.25, 0.3) is 0 Å². The number of Topliss-reactive ketones (excluding diaryl/α,β-unsaturated/α-hetero) is 1. The first kappa shape index (κ1) is 13.2. The fraction of sp³-hybridized carbons (Fsp3) is 0.429. The second-order valence-corrected chi connectivity index (χ2v) is 4.40. The largest absolute Gasteiger partial charge is 0.497 e. The van der Waals surface area contributed by atoms with E-state index >= 15 is 0 Å². The minimum Gasteiger partial charge on any atom is -0.497 e. The fourth-order valence-corrected chi connectivity index (χ4v) is 1.67. The molecule has 1 atom stereocenters. The Labute approximate surface area is 102 Å². The molecule has 1 aromatic rings. The molecule has 0 aliphatic rings. The smallest absolute Gasteiger partial charge is 0.154 e. The molecular weight excluding hydrogens is 214 g/mol. The van der Waals surface area contributed by atoms with E-state index in [9.17, 15) is 4.79 Å². The van der Waals surface area contributed by atoms with Crippen LogP contribution in [0.5, 0.6) is 5.75 Å². The maximum absolute atomic E-state index is 11.9. The molecule has 0 radical (unpaired) electrons. The van der Waals surface area contributed by atoms with Gasteiger partial charge in [0.05, 0.1) is 13.2 Å². The van der Waals surface area contributed by atoms with Gasteiger partial charge < -0.3 is 4.74 Å². The third kappa shape index (κ3) is 3.60. The molecule has 0 heterocycles. The summed E-state index contributed by atoms with van der Waals surface area (Å²) in [6.07, 6.45) is 0.426. The number of ether oxygens (including phenoxy) is 1. The van der Waals surface area contributed by atoms with Gasteiger partial charge in [-0.1, -0.05) is 26.0 Å². The summed E-state index contributed by atoms with van der Waals surface area (Å²) >= 11 is 0. The molecule has 1 rings (SSSR count). The highest BCUT2D eigenvalue weighted by Crippen LogP contribution is 2.23. The molecule has 0 bridgehead atoms. The van der Waals surface area contributed by atoms with Crippen molar-refractivity contribution in [1.29, 1.82) is 5.26 Å². The van der Waals surface area contributed by atoms with E-state index in [0.717, 1.165) is 0 Å². The molecule has 0 aliphatic heterocycles. The van der Waals surface area contributed by atoms with Crippen molar-refractivity contribution in [1.82, 2.24) is 0 Å². The molecule has 0 fully saturated rings. The highest BCUT2D eigenvalue weighted by Gasteiger charge is 2.21. The highest BCUT2D eigenvalue weighted by atomic mass is 16.5. The van der Waals surface area contributed by atoms with Crippen molar-refractivity contribution in [2.45, 2.75) is 26.2 Å². The van der Waals surface area contributed by atoms with Crippen LogP contribution >= 0.6 is 0 Å². The van der Waals surface area contributed by atoms with E-state index in [0.29, 0.717) is 17.7 Å². The maximum Gasteiger partial charge on any atom is 0.154 e. The lowest BCUT2D eigenvalue weighted by Crippen LogP contribution is -2.13. The van der Waals surface area contributed by atoms with Crippen LogP contribution in [0.3, 0.4) is 0 Å². The van der Waals surface area contributed by atoms with Crippen LogP contribution < -0.4 is 4.74 Å². The molecule has 0 N–H and O–H groups in total. The lowest BCUT2D eigenvalue weighted by Gasteiger charge is -2.11. The third-order valence-corrected chi connectivity index (χ3v) is 2.49. The zero-order chi connectivity index (χ0) is 12.8. The number of carbonyl (C=O) groups excluding carboxylic acids is 1. The van der Waals surface area contributed by atoms with Crippen molar-refractivity contribution >= 4 is 5.78 Å². The van der Waals surface area contributed by atoms with E-state index < -0.39 is 5.92 Å². The normalized spacial score (nSPS) is 11.9. The Morgan fingerprint density at radius 3 is 2.71 bits per heavy atom. The second kappa shape index (κ2) is 6.05. The SMILES string of the molecule is COc1cccc(C(C#N)C(=O)CC(C)C)c1. The monoisotopic (exact) mass is 231 g/mol. The molecule has 0 amide bonds. The van der Waals surface area contributed by atoms with Crippen LogP contribution in [-0.4, -0.2) is 12.9 Å². The Bertz CT molecular complexity index is 432. The molecule has 90 valence electrons. The van der Waals surface area contributed by atoms with E-state index in [1.165, 1.54) is 0 Å². The van der Waals surface area contributed by atoms with E-state index in [1.807, 2.05) is 13.8 Å². The van der Waals surface area contributed by atoms with Crippen molar-refractivity contribution < 1.29 is 9.53 Å². The van der Waals surface area contributed by atoms with Crippen molar-refractivity contribution in [2.75, 3.05) is 7.11 Å². The Balaban J connectivity index is 2.94. The summed E-state index contributed by atoms with van der Waals surface area (Å²) in [5.74, 6) is 0.215. The van der Waals surface area contributed by atoms with Crippen LogP contribution in [0, 0.1) is 17.2 Å². The Hall–Kier alpha value is -1.82. The van der Waals surface area contributed by atoms with Crippen molar-refractivity contribution in [3.05, 3.63) is 29.8 Å². The van der Waals surface area contributed by atoms with Gasteiger partial charge in [-0.2, -0.15) is 5.26 Å². The number of methoxy groups -OCH3 is 1. The topological polar surface area (TPSA) is 50.1 Å². The number of ketones is 1. The van der Waals surface area contributed by atoms with Gasteiger partial charge in [0.1, 0.15) is 11.7 Å². The summed E-state index contributed by atoms with van der Waals surface area (Å²) < 4.78 is 5.09. The molecule has 1 unspecified atom stereocenters. The lowest BCUT2D eigenvalue weighted by molar-refractivity contribution is -0.120. The van der Waals surface area contributed by atoms with Crippen LogP contribution in [0.4, 0.5) is 0 Å². The summed E-state index contributed by atoms with van der Waals surface area (Å²) in [7, 11) is 1.57. The summed E-state index contributed by atoms with van der Waals surface area (Å²) in [6.45, 7) is 3.94. The van der Waals surface area contributed by atoms with Crippen molar-refractivity contribution in [3.63, 3.8) is 0 Å². The molecule has 0 aromatic heterocycles. The van der Waals surface area contributed by atoms with Gasteiger partial charge in [-0.05, 0) is 23.6 Å². The van der Waals surface area contributed by atoms with E-state index in [-0.39, 0.29) is 11.7 Å². The predicted molar refractivity (Wildman–Crippen MR) is 65.8 cm³/mol. The van der Waals surface area contributed by atoms with Crippen LogP contribution in [-0.2, 0) is 4.79 Å². The molecule has 1 aromatic carbocycles. The van der Waals surface area contributed by atoms with Crippen LogP contribution in [0.25, 0.3) is 0 Å². The number of rotatable bonds is 5. The van der Waals surface area contributed by atoms with Crippen LogP contribution in [0.1, 0.15) is 31.7 Å². The summed E-state index contributed by atoms with van der Waals surface area (Å²) in [4.78, 5) is 11.9. The summed E-state index contributed by atoms with van der Waals surface area (Å²) in [6, 6.07) is 9.19. The van der Waals surface area contributed by atoms with Gasteiger partial charge in [0, 0.05) is 6.42 Å². The average molecular weight is 231 g/mol. The van der Waals surface area contributed by atoms with E-state index in [2.05, 4.69) is 6.07 Å². The standard InChI is InChI=1S/C14H17NO2/c1-10(2)7-14(16)13(9-15)11-5-4-6-12(8-11)17-3/h4-6,8,10,13H,7H2,1-3H3. The Morgan fingerprint density at radius 1 is 1.47 bits per heavy atom. The fourth-order valence-electron chi connectivity index (χ4n) is 1.67. The first-order valence-electron chi connectivity index (χ1n) is 5.64.